The number of nitriles is 1. The van der Waals surface area contributed by atoms with Crippen molar-refractivity contribution >= 4 is 5.69 Å². The van der Waals surface area contributed by atoms with Crippen LogP contribution in [-0.2, 0) is 0 Å². The SMILES string of the molecule is CCO.COc1cccc(C2C(C#N)=C(N)Oc3n[nH]c(-c4cccc([N+](=O)[O-])c4)c32)c1OC. The third kappa shape index (κ3) is 4.35. The topological polar surface area (TPSA) is 170 Å². The molecule has 0 amide bonds. The number of nitrogens with two attached hydrogens (primary N) is 1. The van der Waals surface area contributed by atoms with Gasteiger partial charge in [0.05, 0.1) is 36.3 Å². The van der Waals surface area contributed by atoms with Crippen molar-refractivity contribution in [3.63, 3.8) is 0 Å². The number of ether oxygens (including phenoxy) is 3. The zero-order valence-corrected chi connectivity index (χ0v) is 18.7. The Labute approximate surface area is 195 Å². The summed E-state index contributed by atoms with van der Waals surface area (Å²) in [6.45, 7) is 1.93. The van der Waals surface area contributed by atoms with Gasteiger partial charge < -0.3 is 25.1 Å². The maximum atomic E-state index is 11.3. The average Bonchev–Trinajstić information content (AvgIpc) is 3.26. The molecule has 1 aliphatic rings. The summed E-state index contributed by atoms with van der Waals surface area (Å²) in [6, 6.07) is 13.5. The van der Waals surface area contributed by atoms with Crippen LogP contribution >= 0.6 is 0 Å². The summed E-state index contributed by atoms with van der Waals surface area (Å²) in [4.78, 5) is 10.8. The molecule has 0 bridgehead atoms. The minimum Gasteiger partial charge on any atom is -0.493 e. The fourth-order valence-corrected chi connectivity index (χ4v) is 3.69. The summed E-state index contributed by atoms with van der Waals surface area (Å²) < 4.78 is 16.6. The van der Waals surface area contributed by atoms with Crippen LogP contribution in [0.1, 0.15) is 24.0 Å². The van der Waals surface area contributed by atoms with E-state index in [2.05, 4.69) is 16.3 Å². The molecule has 0 radical (unpaired) electrons. The van der Waals surface area contributed by atoms with Gasteiger partial charge in [-0.25, -0.2) is 0 Å². The molecule has 4 N–H and O–H groups in total. The molecule has 11 heteroatoms. The Hall–Kier alpha value is -4.56. The van der Waals surface area contributed by atoms with E-state index >= 15 is 0 Å². The number of aromatic nitrogens is 2. The standard InChI is InChI=1S/C21H17N5O5.C2H6O/c1-29-15-8-4-7-13(19(15)30-2)16-14(10-22)20(23)31-21-17(16)18(24-25-21)11-5-3-6-12(9-11)26(27)28;1-2-3/h3-9,16H,23H2,1-2H3,(H,24,25);3H,2H2,1H3. The van der Waals surface area contributed by atoms with Gasteiger partial charge in [0.15, 0.2) is 11.5 Å². The van der Waals surface area contributed by atoms with Crippen LogP contribution in [0.2, 0.25) is 0 Å². The van der Waals surface area contributed by atoms with Gasteiger partial charge in [0.25, 0.3) is 5.69 Å². The minimum absolute atomic E-state index is 0.0800. The number of non-ortho nitro benzene ring substituents is 1. The molecule has 34 heavy (non-hydrogen) atoms. The van der Waals surface area contributed by atoms with Gasteiger partial charge in [0, 0.05) is 29.9 Å². The number of hydrogen-bond acceptors (Lipinski definition) is 9. The second kappa shape index (κ2) is 10.4. The first-order chi connectivity index (χ1) is 16.4. The van der Waals surface area contributed by atoms with Crippen LogP contribution in [0.4, 0.5) is 5.69 Å². The van der Waals surface area contributed by atoms with Crippen molar-refractivity contribution < 1.29 is 24.2 Å². The number of methoxy groups -OCH3 is 2. The summed E-state index contributed by atoms with van der Waals surface area (Å²) in [6.07, 6.45) is 0. The highest BCUT2D eigenvalue weighted by Gasteiger charge is 2.37. The summed E-state index contributed by atoms with van der Waals surface area (Å²) in [5.74, 6) is 0.292. The van der Waals surface area contributed by atoms with Crippen molar-refractivity contribution in [3.8, 4) is 34.7 Å². The number of para-hydroxylation sites is 1. The maximum Gasteiger partial charge on any atom is 0.270 e. The third-order valence-corrected chi connectivity index (χ3v) is 5.03. The van der Waals surface area contributed by atoms with E-state index in [1.165, 1.54) is 26.4 Å². The lowest BCUT2D eigenvalue weighted by molar-refractivity contribution is -0.384. The molecule has 0 spiro atoms. The highest BCUT2D eigenvalue weighted by Crippen LogP contribution is 2.49. The summed E-state index contributed by atoms with van der Waals surface area (Å²) in [5, 5.41) is 35.7. The maximum absolute atomic E-state index is 11.3. The number of benzene rings is 2. The largest absolute Gasteiger partial charge is 0.493 e. The van der Waals surface area contributed by atoms with Crippen LogP contribution in [0.15, 0.2) is 53.9 Å². The number of H-pyrrole nitrogens is 1. The van der Waals surface area contributed by atoms with Crippen LogP contribution < -0.4 is 19.9 Å². The number of allylic oxidation sites excluding steroid dienone is 1. The van der Waals surface area contributed by atoms with E-state index < -0.39 is 10.8 Å². The predicted octanol–water partition coefficient (Wildman–Crippen LogP) is 3.22. The Morgan fingerprint density at radius 1 is 1.29 bits per heavy atom. The number of nitro groups is 1. The average molecular weight is 465 g/mol. The van der Waals surface area contributed by atoms with Gasteiger partial charge in [0.1, 0.15) is 11.6 Å². The van der Waals surface area contributed by atoms with E-state index in [4.69, 9.17) is 25.1 Å². The number of fused-ring (bicyclic) bond motifs is 1. The first-order valence-electron chi connectivity index (χ1n) is 10.1. The van der Waals surface area contributed by atoms with E-state index in [0.717, 1.165) is 0 Å². The molecule has 11 nitrogen and oxygen atoms in total. The first-order valence-corrected chi connectivity index (χ1v) is 10.1. The van der Waals surface area contributed by atoms with Crippen molar-refractivity contribution in [2.75, 3.05) is 20.8 Å². The number of aliphatic hydroxyl groups excluding tert-OH is 1. The van der Waals surface area contributed by atoms with Gasteiger partial charge in [0.2, 0.25) is 11.8 Å². The Morgan fingerprint density at radius 2 is 2.00 bits per heavy atom. The molecular weight excluding hydrogens is 442 g/mol. The Bertz CT molecular complexity index is 1280. The van der Waals surface area contributed by atoms with Crippen molar-refractivity contribution in [2.45, 2.75) is 12.8 Å². The van der Waals surface area contributed by atoms with Crippen molar-refractivity contribution in [3.05, 3.63) is 75.2 Å². The van der Waals surface area contributed by atoms with Gasteiger partial charge >= 0.3 is 0 Å². The number of nitrogens with one attached hydrogen (secondary N) is 1. The van der Waals surface area contributed by atoms with Crippen molar-refractivity contribution in [1.82, 2.24) is 10.2 Å². The molecule has 0 aliphatic carbocycles. The zero-order chi connectivity index (χ0) is 24.8. The predicted molar refractivity (Wildman–Crippen MR) is 122 cm³/mol. The first kappa shape index (κ1) is 24.1. The lowest BCUT2D eigenvalue weighted by Gasteiger charge is -2.26. The normalized spacial score (nSPS) is 14.1. The summed E-state index contributed by atoms with van der Waals surface area (Å²) in [5.41, 5.74) is 8.20. The highest BCUT2D eigenvalue weighted by molar-refractivity contribution is 5.73. The second-order valence-corrected chi connectivity index (χ2v) is 6.95. The van der Waals surface area contributed by atoms with Gasteiger partial charge in [-0.05, 0) is 13.0 Å². The van der Waals surface area contributed by atoms with Gasteiger partial charge in [-0.1, -0.05) is 24.3 Å². The molecule has 2 heterocycles. The third-order valence-electron chi connectivity index (χ3n) is 5.03. The molecule has 2 aromatic carbocycles. The number of nitro benzene ring substituents is 1. The fraction of sp³-hybridized carbons (Fsp3) is 0.217. The molecule has 0 saturated carbocycles. The molecule has 1 atom stereocenters. The van der Waals surface area contributed by atoms with Gasteiger partial charge in [-0.3, -0.25) is 15.2 Å². The number of aromatic amines is 1. The van der Waals surface area contributed by atoms with Crippen molar-refractivity contribution in [1.29, 1.82) is 5.26 Å². The molecule has 0 saturated heterocycles. The summed E-state index contributed by atoms with van der Waals surface area (Å²) >= 11 is 0. The number of rotatable bonds is 5. The zero-order valence-electron chi connectivity index (χ0n) is 18.7. The monoisotopic (exact) mass is 465 g/mol. The Kier molecular flexibility index (Phi) is 7.35. The van der Waals surface area contributed by atoms with Crippen LogP contribution in [-0.4, -0.2) is 41.1 Å². The van der Waals surface area contributed by atoms with Crippen LogP contribution in [0, 0.1) is 21.4 Å². The lowest BCUT2D eigenvalue weighted by atomic mass is 9.82. The van der Waals surface area contributed by atoms with Crippen LogP contribution in [0.5, 0.6) is 17.4 Å². The van der Waals surface area contributed by atoms with E-state index in [1.54, 1.807) is 37.3 Å². The molecule has 3 aromatic rings. The number of hydrogen-bond donors (Lipinski definition) is 3. The van der Waals surface area contributed by atoms with E-state index in [1.807, 2.05) is 0 Å². The van der Waals surface area contributed by atoms with Gasteiger partial charge in [-0.2, -0.15) is 5.26 Å². The number of nitrogens with zero attached hydrogens (tertiary/aromatic N) is 3. The van der Waals surface area contributed by atoms with Crippen molar-refractivity contribution in [2.24, 2.45) is 5.73 Å². The molecule has 176 valence electrons. The van der Waals surface area contributed by atoms with Crippen LogP contribution in [0.25, 0.3) is 11.3 Å². The van der Waals surface area contributed by atoms with Crippen LogP contribution in [0.3, 0.4) is 0 Å². The fourth-order valence-electron chi connectivity index (χ4n) is 3.69. The second-order valence-electron chi connectivity index (χ2n) is 6.95. The molecule has 0 fully saturated rings. The van der Waals surface area contributed by atoms with Gasteiger partial charge in [-0.15, -0.1) is 5.10 Å². The lowest BCUT2D eigenvalue weighted by Crippen LogP contribution is -2.21. The van der Waals surface area contributed by atoms with E-state index in [0.29, 0.717) is 33.9 Å². The molecule has 1 aliphatic heterocycles. The summed E-state index contributed by atoms with van der Waals surface area (Å²) in [7, 11) is 3.01. The molecule has 1 unspecified atom stereocenters. The molecular formula is C23H23N5O6. The van der Waals surface area contributed by atoms with E-state index in [-0.39, 0.29) is 29.6 Å². The quantitative estimate of drug-likeness (QED) is 0.378. The Balaban J connectivity index is 0.00000103. The number of aliphatic hydroxyl groups is 1. The van der Waals surface area contributed by atoms with E-state index in [9.17, 15) is 15.4 Å². The molecule has 1 aromatic heterocycles. The minimum atomic E-state index is -0.702. The highest BCUT2D eigenvalue weighted by atomic mass is 16.6. The molecule has 4 rings (SSSR count). The Morgan fingerprint density at radius 3 is 2.62 bits per heavy atom. The smallest absolute Gasteiger partial charge is 0.270 e.